The molecule has 0 bridgehead atoms. The Labute approximate surface area is 343 Å². The smallest absolute Gasteiger partial charge is 0.0920 e. The summed E-state index contributed by atoms with van der Waals surface area (Å²) in [4.78, 5) is 0. The Hall–Kier alpha value is -3.78. The van der Waals surface area contributed by atoms with Crippen LogP contribution in [-0.4, -0.2) is 9.52 Å². The Morgan fingerprint density at radius 1 is 0.574 bits per heavy atom. The fraction of sp³-hybridized carbons (Fsp3) is 0.160. The van der Waals surface area contributed by atoms with E-state index in [1.807, 2.05) is 6.07 Å². The summed E-state index contributed by atoms with van der Waals surface area (Å²) >= 11 is -0.826. The molecule has 270 valence electrons. The minimum absolute atomic E-state index is 0.795. The van der Waals surface area contributed by atoms with Crippen LogP contribution in [0.3, 0.4) is 0 Å². The van der Waals surface area contributed by atoms with Crippen molar-refractivity contribution in [2.45, 2.75) is 53.4 Å². The average molecular weight is 836 g/mol. The van der Waals surface area contributed by atoms with Gasteiger partial charge in [0.05, 0.1) is 9.52 Å². The Morgan fingerprint density at radius 2 is 1.04 bits per heavy atom. The molecule has 0 aliphatic carbocycles. The van der Waals surface area contributed by atoms with Gasteiger partial charge in [-0.15, -0.1) is 74.6 Å². The van der Waals surface area contributed by atoms with E-state index in [-0.39, 0.29) is 0 Å². The molecule has 0 aromatic heterocycles. The van der Waals surface area contributed by atoms with Gasteiger partial charge >= 0.3 is 37.9 Å². The van der Waals surface area contributed by atoms with Gasteiger partial charge in [-0.1, -0.05) is 145 Å². The monoisotopic (exact) mass is 833 g/mol. The van der Waals surface area contributed by atoms with Crippen molar-refractivity contribution in [2.75, 3.05) is 0 Å². The molecule has 0 nitrogen and oxygen atoms in total. The van der Waals surface area contributed by atoms with Crippen LogP contribution in [0.15, 0.2) is 152 Å². The van der Waals surface area contributed by atoms with E-state index in [4.69, 9.17) is 17.0 Å². The molecule has 0 N–H and O–H groups in total. The Kier molecular flexibility index (Phi) is 14.6. The first-order chi connectivity index (χ1) is 26.4. The second-order valence-corrected chi connectivity index (χ2v) is 18.7. The van der Waals surface area contributed by atoms with Crippen LogP contribution in [0.1, 0.15) is 48.9 Å². The molecule has 4 heteroatoms. The van der Waals surface area contributed by atoms with E-state index in [1.165, 1.54) is 113 Å². The molecule has 0 fully saturated rings. The first-order valence-corrected chi connectivity index (χ1v) is 26.1. The van der Waals surface area contributed by atoms with Gasteiger partial charge in [0.15, 0.2) is 0 Å². The quantitative estimate of drug-likeness (QED) is 0.116. The van der Waals surface area contributed by atoms with E-state index in [2.05, 4.69) is 179 Å². The van der Waals surface area contributed by atoms with Gasteiger partial charge in [0.25, 0.3) is 0 Å². The molecule has 0 atom stereocenters. The van der Waals surface area contributed by atoms with Crippen molar-refractivity contribution in [3.8, 4) is 33.4 Å². The number of fused-ring (bicyclic) bond motifs is 5. The van der Waals surface area contributed by atoms with Gasteiger partial charge in [0.2, 0.25) is 0 Å². The van der Waals surface area contributed by atoms with Crippen molar-refractivity contribution < 1.29 is 20.8 Å². The molecule has 0 amide bonds. The van der Waals surface area contributed by atoms with E-state index in [1.54, 1.807) is 0 Å². The predicted octanol–water partition coefficient (Wildman–Crippen LogP) is 13.5. The van der Waals surface area contributed by atoms with Crippen molar-refractivity contribution in [1.82, 2.24) is 0 Å². The molecule has 1 aliphatic rings. The maximum Gasteiger partial charge on any atom is 0.0920 e. The number of rotatable bonds is 6. The standard InChI is InChI=1S/2C19H19.C12H7Si.2ClH.Zr/c2*1-3-7-15-12-17-11-10-14(2)19(18(17)13-15)16-8-5-4-6-9-16;1-3-7-11-9(5-1)10-6-2-4-8-12(10)13-11;;;/h2*4-6,8-13H,3,7H2,1-2H3;1-7H;2*1H;/q3*-1;;;+2/p-2. The molecule has 9 rings (SSSR count). The maximum atomic E-state index is 4.93. The summed E-state index contributed by atoms with van der Waals surface area (Å²) in [5, 5.41) is 8.36. The number of hydrogen-bond donors (Lipinski definition) is 0. The molecule has 0 spiro atoms. The van der Waals surface area contributed by atoms with Crippen molar-refractivity contribution >= 4 is 58.5 Å². The summed E-state index contributed by atoms with van der Waals surface area (Å²) in [6.45, 7) is 8.88. The van der Waals surface area contributed by atoms with Gasteiger partial charge in [-0.3, -0.25) is 0 Å². The fourth-order valence-electron chi connectivity index (χ4n) is 7.47. The molecule has 0 saturated carbocycles. The molecule has 0 saturated heterocycles. The molecular weight excluding hydrogens is 791 g/mol. The number of hydrogen-bond acceptors (Lipinski definition) is 0. The minimum Gasteiger partial charge on any atom is -0.184 e. The van der Waals surface area contributed by atoms with Gasteiger partial charge < -0.3 is 0 Å². The average Bonchev–Trinajstić information content (AvgIpc) is 3.91. The number of aryl methyl sites for hydroxylation is 4. The maximum absolute atomic E-state index is 4.93. The first kappa shape index (κ1) is 39.9. The molecule has 1 aliphatic heterocycles. The summed E-state index contributed by atoms with van der Waals surface area (Å²) in [6.07, 6.45) is 4.75. The third kappa shape index (κ3) is 9.53. The molecule has 1 heterocycles. The van der Waals surface area contributed by atoms with Crippen LogP contribution in [0.5, 0.6) is 0 Å². The zero-order valence-electron chi connectivity index (χ0n) is 31.5. The second-order valence-electron chi connectivity index (χ2n) is 13.7. The molecule has 8 aromatic rings. The van der Waals surface area contributed by atoms with E-state index < -0.39 is 20.8 Å². The zero-order chi connectivity index (χ0) is 37.9. The van der Waals surface area contributed by atoms with Crippen LogP contribution >= 0.6 is 17.0 Å². The van der Waals surface area contributed by atoms with Gasteiger partial charge in [0.1, 0.15) is 0 Å². The SMILES string of the molecule is CCCc1cc2c(-c3ccccc3)c(C)ccc2[cH-]1.CCCc1cc2c(-c3ccccc3)c(C)ccc2[cH-]1.[Cl][Zr][Cl].[c-]1cccc2c1[Si]c1ccccc1-2. The van der Waals surface area contributed by atoms with E-state index in [0.717, 1.165) is 9.52 Å². The summed E-state index contributed by atoms with van der Waals surface area (Å²) in [7, 11) is 10.7. The molecular formula is C50H45Cl2SiZr-3. The summed E-state index contributed by atoms with van der Waals surface area (Å²) in [5.41, 5.74) is 13.8. The molecule has 0 unspecified atom stereocenters. The second kappa shape index (κ2) is 19.7. The van der Waals surface area contributed by atoms with Gasteiger partial charge in [0, 0.05) is 0 Å². The normalized spacial score (nSPS) is 11.0. The topological polar surface area (TPSA) is 0 Å². The molecule has 2 radical (unpaired) electrons. The largest absolute Gasteiger partial charge is 0.184 e. The van der Waals surface area contributed by atoms with Gasteiger partial charge in [-0.2, -0.15) is 41.6 Å². The third-order valence-electron chi connectivity index (χ3n) is 9.85. The van der Waals surface area contributed by atoms with Crippen LogP contribution in [0.2, 0.25) is 0 Å². The van der Waals surface area contributed by atoms with E-state index in [0.29, 0.717) is 0 Å². The van der Waals surface area contributed by atoms with E-state index >= 15 is 0 Å². The van der Waals surface area contributed by atoms with Crippen molar-refractivity contribution in [2.24, 2.45) is 0 Å². The van der Waals surface area contributed by atoms with E-state index in [9.17, 15) is 0 Å². The van der Waals surface area contributed by atoms with Crippen LogP contribution in [0.4, 0.5) is 0 Å². The molecule has 54 heavy (non-hydrogen) atoms. The van der Waals surface area contributed by atoms with Crippen LogP contribution in [0.25, 0.3) is 54.9 Å². The third-order valence-corrected chi connectivity index (χ3v) is 11.2. The Balaban J connectivity index is 0.000000135. The van der Waals surface area contributed by atoms with Crippen molar-refractivity contribution in [1.29, 1.82) is 0 Å². The summed E-state index contributed by atoms with van der Waals surface area (Å²) in [5.74, 6) is 0. The van der Waals surface area contributed by atoms with Gasteiger partial charge in [-0.05, 0) is 37.8 Å². The van der Waals surface area contributed by atoms with Gasteiger partial charge in [-0.25, -0.2) is 0 Å². The number of halogens is 2. The number of benzene rings is 6. The Bertz CT molecular complexity index is 2240. The fourth-order valence-corrected chi connectivity index (χ4v) is 8.78. The first-order valence-electron chi connectivity index (χ1n) is 18.8. The van der Waals surface area contributed by atoms with Crippen LogP contribution < -0.4 is 10.4 Å². The predicted molar refractivity (Wildman–Crippen MR) is 235 cm³/mol. The van der Waals surface area contributed by atoms with Crippen LogP contribution in [0, 0.1) is 19.9 Å². The molecule has 8 aromatic carbocycles. The summed E-state index contributed by atoms with van der Waals surface area (Å²) < 4.78 is 0. The Morgan fingerprint density at radius 3 is 1.54 bits per heavy atom. The zero-order valence-corrected chi connectivity index (χ0v) is 36.5. The van der Waals surface area contributed by atoms with Crippen molar-refractivity contribution in [3.05, 3.63) is 180 Å². The van der Waals surface area contributed by atoms with Crippen molar-refractivity contribution in [3.63, 3.8) is 0 Å². The van der Waals surface area contributed by atoms with Crippen LogP contribution in [-0.2, 0) is 33.7 Å². The summed E-state index contributed by atoms with van der Waals surface area (Å²) in [6, 6.07) is 58.0. The minimum atomic E-state index is -0.826.